The average molecular weight is 276 g/mol. The fourth-order valence-corrected chi connectivity index (χ4v) is 1.57. The van der Waals surface area contributed by atoms with Gasteiger partial charge in [-0.25, -0.2) is 0 Å². The Morgan fingerprint density at radius 3 is 2.35 bits per heavy atom. The number of aliphatic imine (C=N–C) groups is 1. The van der Waals surface area contributed by atoms with Gasteiger partial charge in [-0.2, -0.15) is 0 Å². The van der Waals surface area contributed by atoms with Gasteiger partial charge in [-0.3, -0.25) is 9.79 Å². The van der Waals surface area contributed by atoms with Crippen LogP contribution >= 0.6 is 0 Å². The van der Waals surface area contributed by atoms with Crippen LogP contribution in [0.4, 0.5) is 0 Å². The smallest absolute Gasteiger partial charge is 0.251 e. The van der Waals surface area contributed by atoms with Gasteiger partial charge in [0.15, 0.2) is 5.96 Å². The molecular formula is C15H24N4O. The maximum Gasteiger partial charge on any atom is 0.251 e. The molecule has 0 saturated heterocycles. The molecule has 0 aliphatic rings. The van der Waals surface area contributed by atoms with E-state index < -0.39 is 0 Å². The van der Waals surface area contributed by atoms with Gasteiger partial charge in [-0.05, 0) is 18.1 Å². The summed E-state index contributed by atoms with van der Waals surface area (Å²) >= 11 is 0. The molecule has 0 aliphatic carbocycles. The van der Waals surface area contributed by atoms with Crippen molar-refractivity contribution in [2.45, 2.75) is 13.8 Å². The molecule has 5 heteroatoms. The van der Waals surface area contributed by atoms with Crippen molar-refractivity contribution in [2.24, 2.45) is 10.9 Å². The van der Waals surface area contributed by atoms with Crippen LogP contribution in [-0.4, -0.2) is 38.5 Å². The Bertz CT molecular complexity index is 429. The van der Waals surface area contributed by atoms with Crippen molar-refractivity contribution in [1.29, 1.82) is 0 Å². The van der Waals surface area contributed by atoms with Gasteiger partial charge >= 0.3 is 0 Å². The normalized spacial score (nSPS) is 11.3. The lowest BCUT2D eigenvalue weighted by atomic mass is 10.2. The quantitative estimate of drug-likeness (QED) is 0.416. The summed E-state index contributed by atoms with van der Waals surface area (Å²) in [5.41, 5.74) is 0.676. The minimum absolute atomic E-state index is 0.0578. The number of hydrogen-bond donors (Lipinski definition) is 3. The van der Waals surface area contributed by atoms with E-state index >= 15 is 0 Å². The van der Waals surface area contributed by atoms with Crippen molar-refractivity contribution in [3.63, 3.8) is 0 Å². The molecule has 0 bridgehead atoms. The summed E-state index contributed by atoms with van der Waals surface area (Å²) in [7, 11) is 1.73. The van der Waals surface area contributed by atoms with E-state index in [9.17, 15) is 4.79 Å². The summed E-state index contributed by atoms with van der Waals surface area (Å²) in [6, 6.07) is 9.19. The van der Waals surface area contributed by atoms with E-state index in [4.69, 9.17) is 0 Å². The summed E-state index contributed by atoms with van der Waals surface area (Å²) in [6.45, 7) is 6.34. The molecule has 0 heterocycles. The van der Waals surface area contributed by atoms with Gasteiger partial charge in [0.25, 0.3) is 5.91 Å². The fourth-order valence-electron chi connectivity index (χ4n) is 1.57. The summed E-state index contributed by atoms with van der Waals surface area (Å²) in [5.74, 6) is 1.26. The SMILES string of the molecule is CN=C(NCCNC(=O)c1ccccc1)NCC(C)C. The Morgan fingerprint density at radius 1 is 1.10 bits per heavy atom. The molecule has 0 radical (unpaired) electrons. The topological polar surface area (TPSA) is 65.5 Å². The van der Waals surface area contributed by atoms with E-state index in [-0.39, 0.29) is 5.91 Å². The highest BCUT2D eigenvalue weighted by Gasteiger charge is 2.03. The van der Waals surface area contributed by atoms with Gasteiger partial charge in [0.2, 0.25) is 0 Å². The zero-order valence-corrected chi connectivity index (χ0v) is 12.4. The highest BCUT2D eigenvalue weighted by Crippen LogP contribution is 1.96. The third kappa shape index (κ3) is 6.22. The summed E-state index contributed by atoms with van der Waals surface area (Å²) in [4.78, 5) is 15.9. The highest BCUT2D eigenvalue weighted by molar-refractivity contribution is 5.94. The third-order valence-corrected chi connectivity index (χ3v) is 2.64. The van der Waals surface area contributed by atoms with Crippen molar-refractivity contribution in [3.8, 4) is 0 Å². The van der Waals surface area contributed by atoms with Gasteiger partial charge in [-0.15, -0.1) is 0 Å². The Hall–Kier alpha value is -2.04. The molecule has 0 atom stereocenters. The van der Waals surface area contributed by atoms with Crippen molar-refractivity contribution in [3.05, 3.63) is 35.9 Å². The largest absolute Gasteiger partial charge is 0.356 e. The lowest BCUT2D eigenvalue weighted by Gasteiger charge is -2.13. The molecule has 110 valence electrons. The predicted molar refractivity (Wildman–Crippen MR) is 83.0 cm³/mol. The maximum atomic E-state index is 11.8. The van der Waals surface area contributed by atoms with Crippen molar-refractivity contribution in [1.82, 2.24) is 16.0 Å². The van der Waals surface area contributed by atoms with Gasteiger partial charge < -0.3 is 16.0 Å². The van der Waals surface area contributed by atoms with Crippen LogP contribution in [-0.2, 0) is 0 Å². The molecule has 0 saturated carbocycles. The van der Waals surface area contributed by atoms with Crippen LogP contribution in [0.25, 0.3) is 0 Å². The molecule has 1 aromatic rings. The van der Waals surface area contributed by atoms with E-state index in [0.29, 0.717) is 24.6 Å². The number of rotatable bonds is 6. The average Bonchev–Trinajstić information content (AvgIpc) is 2.47. The standard InChI is InChI=1S/C15H24N4O/c1-12(2)11-19-15(16-3)18-10-9-17-14(20)13-7-5-4-6-8-13/h4-8,12H,9-11H2,1-3H3,(H,17,20)(H2,16,18,19). The van der Waals surface area contributed by atoms with Gasteiger partial charge in [0.1, 0.15) is 0 Å². The minimum Gasteiger partial charge on any atom is -0.356 e. The Morgan fingerprint density at radius 2 is 1.75 bits per heavy atom. The molecule has 0 unspecified atom stereocenters. The number of benzene rings is 1. The van der Waals surface area contributed by atoms with Crippen LogP contribution in [0.2, 0.25) is 0 Å². The number of guanidine groups is 1. The second-order valence-corrected chi connectivity index (χ2v) is 4.90. The van der Waals surface area contributed by atoms with Gasteiger partial charge in [-0.1, -0.05) is 32.0 Å². The van der Waals surface area contributed by atoms with Gasteiger partial charge in [0, 0.05) is 32.2 Å². The molecule has 0 aromatic heterocycles. The van der Waals surface area contributed by atoms with Crippen molar-refractivity contribution in [2.75, 3.05) is 26.7 Å². The Balaban J connectivity index is 2.22. The first-order chi connectivity index (χ1) is 9.63. The number of nitrogens with one attached hydrogen (secondary N) is 3. The Kier molecular flexibility index (Phi) is 7.17. The van der Waals surface area contributed by atoms with Crippen molar-refractivity contribution < 1.29 is 4.79 Å². The first kappa shape index (κ1) is 16.0. The van der Waals surface area contributed by atoms with Crippen LogP contribution in [0.3, 0.4) is 0 Å². The predicted octanol–water partition coefficient (Wildman–Crippen LogP) is 1.24. The number of carbonyl (C=O) groups is 1. The van der Waals surface area contributed by atoms with Crippen LogP contribution < -0.4 is 16.0 Å². The van der Waals surface area contributed by atoms with Crippen LogP contribution in [0.15, 0.2) is 35.3 Å². The lowest BCUT2D eigenvalue weighted by molar-refractivity contribution is 0.0954. The Labute approximate surface area is 120 Å². The second-order valence-electron chi connectivity index (χ2n) is 4.90. The van der Waals surface area contributed by atoms with Crippen molar-refractivity contribution >= 4 is 11.9 Å². The van der Waals surface area contributed by atoms with Crippen LogP contribution in [0, 0.1) is 5.92 Å². The van der Waals surface area contributed by atoms with Crippen LogP contribution in [0.1, 0.15) is 24.2 Å². The summed E-state index contributed by atoms with van der Waals surface area (Å²) < 4.78 is 0. The molecule has 0 fully saturated rings. The number of amides is 1. The first-order valence-electron chi connectivity index (χ1n) is 6.91. The maximum absolute atomic E-state index is 11.8. The number of nitrogens with zero attached hydrogens (tertiary/aromatic N) is 1. The highest BCUT2D eigenvalue weighted by atomic mass is 16.1. The number of carbonyl (C=O) groups excluding carboxylic acids is 1. The van der Waals surface area contributed by atoms with E-state index in [0.717, 1.165) is 12.5 Å². The molecule has 1 amide bonds. The molecule has 0 spiro atoms. The summed E-state index contributed by atoms with van der Waals surface area (Å²) in [5, 5.41) is 9.23. The monoisotopic (exact) mass is 276 g/mol. The van der Waals surface area contributed by atoms with E-state index in [1.807, 2.05) is 18.2 Å². The fraction of sp³-hybridized carbons (Fsp3) is 0.467. The molecular weight excluding hydrogens is 252 g/mol. The minimum atomic E-state index is -0.0578. The molecule has 5 nitrogen and oxygen atoms in total. The first-order valence-corrected chi connectivity index (χ1v) is 6.91. The summed E-state index contributed by atoms with van der Waals surface area (Å²) in [6.07, 6.45) is 0. The van der Waals surface area contributed by atoms with Gasteiger partial charge in [0.05, 0.1) is 0 Å². The zero-order chi connectivity index (χ0) is 14.8. The number of hydrogen-bond acceptors (Lipinski definition) is 2. The van der Waals surface area contributed by atoms with Crippen LogP contribution in [0.5, 0.6) is 0 Å². The second kappa shape index (κ2) is 8.96. The third-order valence-electron chi connectivity index (χ3n) is 2.64. The molecule has 0 aliphatic heterocycles. The lowest BCUT2D eigenvalue weighted by Crippen LogP contribution is -2.42. The molecule has 3 N–H and O–H groups in total. The molecule has 1 rings (SSSR count). The molecule has 1 aromatic carbocycles. The van der Waals surface area contributed by atoms with E-state index in [1.165, 1.54) is 0 Å². The van der Waals surface area contributed by atoms with E-state index in [1.54, 1.807) is 19.2 Å². The zero-order valence-electron chi connectivity index (χ0n) is 12.4. The molecule has 20 heavy (non-hydrogen) atoms. The van der Waals surface area contributed by atoms with E-state index in [2.05, 4.69) is 34.8 Å².